The van der Waals surface area contributed by atoms with Crippen molar-refractivity contribution in [1.29, 1.82) is 0 Å². The number of benzene rings is 1. The van der Waals surface area contributed by atoms with E-state index in [1.54, 1.807) is 7.11 Å². The van der Waals surface area contributed by atoms with Crippen LogP contribution in [-0.4, -0.2) is 29.8 Å². The second-order valence-electron chi connectivity index (χ2n) is 4.33. The highest BCUT2D eigenvalue weighted by Gasteiger charge is 2.27. The van der Waals surface area contributed by atoms with Crippen LogP contribution >= 0.6 is 11.6 Å². The summed E-state index contributed by atoms with van der Waals surface area (Å²) >= 11 is 5.96. The molecule has 0 saturated carbocycles. The number of carbonyl (C=O) groups is 1. The Morgan fingerprint density at radius 1 is 1.35 bits per heavy atom. The first-order chi connectivity index (χ1) is 8.19. The predicted molar refractivity (Wildman–Crippen MR) is 66.8 cm³/mol. The minimum atomic E-state index is -0.0322. The number of amides is 1. The Balaban J connectivity index is 1.97. The van der Waals surface area contributed by atoms with Gasteiger partial charge in [0, 0.05) is 26.6 Å². The molecule has 92 valence electrons. The number of halogens is 1. The minimum Gasteiger partial charge on any atom is -0.380 e. The van der Waals surface area contributed by atoms with Crippen LogP contribution in [0.3, 0.4) is 0 Å². The van der Waals surface area contributed by atoms with Crippen molar-refractivity contribution in [3.05, 3.63) is 35.4 Å². The Kier molecular flexibility index (Phi) is 4.02. The molecular formula is C13H16ClNO2. The number of alkyl halides is 1. The fraction of sp³-hybridized carbons (Fsp3) is 0.462. The van der Waals surface area contributed by atoms with E-state index in [4.69, 9.17) is 16.3 Å². The van der Waals surface area contributed by atoms with E-state index < -0.39 is 0 Å². The smallest absolute Gasteiger partial charge is 0.224 e. The molecule has 1 unspecified atom stereocenters. The highest BCUT2D eigenvalue weighted by molar-refractivity contribution is 6.22. The van der Waals surface area contributed by atoms with Gasteiger partial charge < -0.3 is 9.64 Å². The maximum absolute atomic E-state index is 11.6. The second-order valence-corrected chi connectivity index (χ2v) is 4.94. The lowest BCUT2D eigenvalue weighted by Crippen LogP contribution is -2.24. The first-order valence-electron chi connectivity index (χ1n) is 5.67. The lowest BCUT2D eigenvalue weighted by Gasteiger charge is -2.15. The van der Waals surface area contributed by atoms with Gasteiger partial charge in [-0.2, -0.15) is 0 Å². The number of nitrogens with zero attached hydrogens (tertiary/aromatic N) is 1. The quantitative estimate of drug-likeness (QED) is 0.770. The summed E-state index contributed by atoms with van der Waals surface area (Å²) < 4.78 is 5.05. The van der Waals surface area contributed by atoms with Crippen molar-refractivity contribution in [2.75, 3.05) is 13.7 Å². The third-order valence-corrected chi connectivity index (χ3v) is 3.17. The third kappa shape index (κ3) is 3.20. The average Bonchev–Trinajstić information content (AvgIpc) is 2.61. The van der Waals surface area contributed by atoms with Crippen LogP contribution < -0.4 is 0 Å². The van der Waals surface area contributed by atoms with Crippen molar-refractivity contribution in [2.45, 2.75) is 24.9 Å². The molecule has 0 bridgehead atoms. The zero-order chi connectivity index (χ0) is 12.3. The Morgan fingerprint density at radius 2 is 2.00 bits per heavy atom. The third-order valence-electron chi connectivity index (χ3n) is 2.87. The maximum atomic E-state index is 11.6. The molecule has 1 fully saturated rings. The van der Waals surface area contributed by atoms with Gasteiger partial charge in [-0.25, -0.2) is 0 Å². The average molecular weight is 254 g/mol. The maximum Gasteiger partial charge on any atom is 0.224 e. The van der Waals surface area contributed by atoms with Gasteiger partial charge in [0.15, 0.2) is 0 Å². The summed E-state index contributed by atoms with van der Waals surface area (Å²) in [7, 11) is 1.68. The van der Waals surface area contributed by atoms with Gasteiger partial charge in [-0.05, 0) is 11.1 Å². The van der Waals surface area contributed by atoms with Crippen molar-refractivity contribution in [3.8, 4) is 0 Å². The van der Waals surface area contributed by atoms with Crippen LogP contribution in [0.1, 0.15) is 17.5 Å². The molecule has 1 aliphatic rings. The van der Waals surface area contributed by atoms with E-state index in [0.29, 0.717) is 26.1 Å². The van der Waals surface area contributed by atoms with Gasteiger partial charge in [-0.15, -0.1) is 11.6 Å². The van der Waals surface area contributed by atoms with Crippen LogP contribution in [0.4, 0.5) is 0 Å². The molecule has 1 aromatic rings. The number of likely N-dealkylation sites (tertiary alicyclic amines) is 1. The van der Waals surface area contributed by atoms with E-state index in [9.17, 15) is 4.79 Å². The Hall–Kier alpha value is -1.06. The lowest BCUT2D eigenvalue weighted by molar-refractivity contribution is -0.128. The van der Waals surface area contributed by atoms with E-state index >= 15 is 0 Å². The molecule has 0 radical (unpaired) electrons. The fourth-order valence-corrected chi connectivity index (χ4v) is 2.30. The first kappa shape index (κ1) is 12.4. The summed E-state index contributed by atoms with van der Waals surface area (Å²) in [6.07, 6.45) is 0.462. The largest absolute Gasteiger partial charge is 0.380 e. The molecule has 3 nitrogen and oxygen atoms in total. The van der Waals surface area contributed by atoms with E-state index in [1.165, 1.54) is 0 Å². The van der Waals surface area contributed by atoms with Gasteiger partial charge in [-0.1, -0.05) is 24.3 Å². The van der Waals surface area contributed by atoms with Crippen LogP contribution in [0.5, 0.6) is 0 Å². The molecule has 0 aliphatic carbocycles. The number of hydrogen-bond donors (Lipinski definition) is 0. The van der Waals surface area contributed by atoms with Crippen LogP contribution in [-0.2, 0) is 22.7 Å². The SMILES string of the molecule is COCc1ccc(CN2CC(Cl)CC2=O)cc1. The molecular weight excluding hydrogens is 238 g/mol. The summed E-state index contributed by atoms with van der Waals surface area (Å²) in [6.45, 7) is 1.92. The van der Waals surface area contributed by atoms with Crippen LogP contribution in [0.2, 0.25) is 0 Å². The fourth-order valence-electron chi connectivity index (χ4n) is 2.00. The molecule has 1 aromatic carbocycles. The van der Waals surface area contributed by atoms with Crippen molar-refractivity contribution in [1.82, 2.24) is 4.90 Å². The Morgan fingerprint density at radius 3 is 2.53 bits per heavy atom. The molecule has 4 heteroatoms. The molecule has 17 heavy (non-hydrogen) atoms. The zero-order valence-corrected chi connectivity index (χ0v) is 10.6. The van der Waals surface area contributed by atoms with Crippen molar-refractivity contribution in [2.24, 2.45) is 0 Å². The standard InChI is InChI=1S/C13H16ClNO2/c1-17-9-11-4-2-10(3-5-11)7-15-8-12(14)6-13(15)16/h2-5,12H,6-9H2,1H3. The van der Waals surface area contributed by atoms with Crippen LogP contribution in [0.15, 0.2) is 24.3 Å². The van der Waals surface area contributed by atoms with E-state index in [1.807, 2.05) is 29.2 Å². The van der Waals surface area contributed by atoms with Gasteiger partial charge in [0.05, 0.1) is 12.0 Å². The van der Waals surface area contributed by atoms with E-state index in [0.717, 1.165) is 11.1 Å². The molecule has 1 atom stereocenters. The van der Waals surface area contributed by atoms with Crippen molar-refractivity contribution < 1.29 is 9.53 Å². The summed E-state index contributed by atoms with van der Waals surface area (Å²) in [4.78, 5) is 13.4. The minimum absolute atomic E-state index is 0.0322. The summed E-state index contributed by atoms with van der Waals surface area (Å²) in [5.74, 6) is 0.144. The number of methoxy groups -OCH3 is 1. The van der Waals surface area contributed by atoms with Gasteiger partial charge in [0.2, 0.25) is 5.91 Å². The first-order valence-corrected chi connectivity index (χ1v) is 6.11. The topological polar surface area (TPSA) is 29.5 Å². The number of ether oxygens (including phenoxy) is 1. The zero-order valence-electron chi connectivity index (χ0n) is 9.86. The Bertz CT molecular complexity index is 391. The van der Waals surface area contributed by atoms with Gasteiger partial charge in [0.25, 0.3) is 0 Å². The molecule has 1 saturated heterocycles. The molecule has 0 spiro atoms. The number of carbonyl (C=O) groups excluding carboxylic acids is 1. The van der Waals surface area contributed by atoms with E-state index in [2.05, 4.69) is 0 Å². The van der Waals surface area contributed by atoms with Gasteiger partial charge >= 0.3 is 0 Å². The highest BCUT2D eigenvalue weighted by Crippen LogP contribution is 2.19. The molecule has 1 amide bonds. The highest BCUT2D eigenvalue weighted by atomic mass is 35.5. The normalized spacial score (nSPS) is 20.0. The predicted octanol–water partition coefficient (Wildman–Crippen LogP) is 2.17. The molecule has 0 N–H and O–H groups in total. The molecule has 0 aromatic heterocycles. The summed E-state index contributed by atoms with van der Waals surface area (Å²) in [5.41, 5.74) is 2.27. The molecule has 1 aliphatic heterocycles. The van der Waals surface area contributed by atoms with Crippen LogP contribution in [0.25, 0.3) is 0 Å². The van der Waals surface area contributed by atoms with Gasteiger partial charge in [-0.3, -0.25) is 4.79 Å². The van der Waals surface area contributed by atoms with E-state index in [-0.39, 0.29) is 11.3 Å². The summed E-state index contributed by atoms with van der Waals surface area (Å²) in [5, 5.41) is -0.0322. The molecule has 2 rings (SSSR count). The molecule has 1 heterocycles. The van der Waals surface area contributed by atoms with Crippen LogP contribution in [0, 0.1) is 0 Å². The summed E-state index contributed by atoms with van der Waals surface area (Å²) in [6, 6.07) is 8.11. The second kappa shape index (κ2) is 5.52. The number of hydrogen-bond acceptors (Lipinski definition) is 2. The monoisotopic (exact) mass is 253 g/mol. The number of rotatable bonds is 4. The van der Waals surface area contributed by atoms with Crippen molar-refractivity contribution in [3.63, 3.8) is 0 Å². The lowest BCUT2D eigenvalue weighted by atomic mass is 10.1. The van der Waals surface area contributed by atoms with Crippen molar-refractivity contribution >= 4 is 17.5 Å². The van der Waals surface area contributed by atoms with Gasteiger partial charge in [0.1, 0.15) is 0 Å². The Labute approximate surface area is 106 Å².